The molecular weight excluding hydrogens is 432 g/mol. The number of nitrogens with one attached hydrogen (secondary N) is 1. The summed E-state index contributed by atoms with van der Waals surface area (Å²) in [5, 5.41) is 2.87. The first-order valence-electron chi connectivity index (χ1n) is 10.7. The lowest BCUT2D eigenvalue weighted by molar-refractivity contribution is -0.120. The molecule has 1 fully saturated rings. The smallest absolute Gasteiger partial charge is 0.410 e. The first kappa shape index (κ1) is 26.0. The summed E-state index contributed by atoms with van der Waals surface area (Å²) >= 11 is 0. The Bertz CT molecular complexity index is 821. The predicted molar refractivity (Wildman–Crippen MR) is 121 cm³/mol. The summed E-state index contributed by atoms with van der Waals surface area (Å²) in [7, 11) is 2.84. The van der Waals surface area contributed by atoms with Crippen LogP contribution in [-0.4, -0.2) is 93.4 Å². The molecule has 0 saturated carbocycles. The Kier molecular flexibility index (Phi) is 9.15. The molecule has 33 heavy (non-hydrogen) atoms. The number of amides is 3. The Morgan fingerprint density at radius 1 is 1.03 bits per heavy atom. The van der Waals surface area contributed by atoms with Crippen LogP contribution in [0.15, 0.2) is 12.1 Å². The van der Waals surface area contributed by atoms with Crippen molar-refractivity contribution in [3.63, 3.8) is 0 Å². The third-order valence-electron chi connectivity index (χ3n) is 4.82. The van der Waals surface area contributed by atoms with E-state index in [0.29, 0.717) is 44.8 Å². The predicted octanol–water partition coefficient (Wildman–Crippen LogP) is 0.850. The van der Waals surface area contributed by atoms with Gasteiger partial charge in [0.2, 0.25) is 5.75 Å². The Morgan fingerprint density at radius 2 is 1.61 bits per heavy atom. The molecule has 1 aliphatic rings. The van der Waals surface area contributed by atoms with Gasteiger partial charge in [-0.2, -0.15) is 0 Å². The summed E-state index contributed by atoms with van der Waals surface area (Å²) in [6.45, 7) is 8.79. The average Bonchev–Trinajstić information content (AvgIpc) is 2.76. The van der Waals surface area contributed by atoms with E-state index in [1.54, 1.807) is 4.90 Å². The van der Waals surface area contributed by atoms with E-state index in [1.165, 1.54) is 26.4 Å². The molecule has 184 valence electrons. The SMILES string of the molecule is COc1cc(C(=O)NCCN2CCN(C(=O)OC(C)(C)C)CC2)cc(OC)c1OCC(N)=O. The Hall–Kier alpha value is -3.21. The van der Waals surface area contributed by atoms with Crippen LogP contribution in [0.4, 0.5) is 4.79 Å². The highest BCUT2D eigenvalue weighted by Gasteiger charge is 2.26. The van der Waals surface area contributed by atoms with Crippen LogP contribution < -0.4 is 25.3 Å². The zero-order chi connectivity index (χ0) is 24.6. The molecule has 0 unspecified atom stereocenters. The third-order valence-corrected chi connectivity index (χ3v) is 4.82. The monoisotopic (exact) mass is 466 g/mol. The number of primary amides is 1. The van der Waals surface area contributed by atoms with Gasteiger partial charge >= 0.3 is 6.09 Å². The molecular formula is C22H34N4O7. The molecule has 2 rings (SSSR count). The van der Waals surface area contributed by atoms with Crippen molar-refractivity contribution in [1.82, 2.24) is 15.1 Å². The van der Waals surface area contributed by atoms with Gasteiger partial charge in [-0.05, 0) is 32.9 Å². The number of carbonyl (C=O) groups excluding carboxylic acids is 3. The van der Waals surface area contributed by atoms with Gasteiger partial charge < -0.3 is 34.9 Å². The van der Waals surface area contributed by atoms with E-state index in [4.69, 9.17) is 24.7 Å². The normalized spacial score (nSPS) is 14.4. The van der Waals surface area contributed by atoms with Crippen molar-refractivity contribution in [2.24, 2.45) is 5.73 Å². The first-order valence-corrected chi connectivity index (χ1v) is 10.7. The molecule has 1 aromatic rings. The van der Waals surface area contributed by atoms with Gasteiger partial charge in [0.1, 0.15) is 5.60 Å². The quantitative estimate of drug-likeness (QED) is 0.547. The molecule has 1 saturated heterocycles. The molecule has 0 aromatic heterocycles. The molecule has 3 amide bonds. The van der Waals surface area contributed by atoms with E-state index in [9.17, 15) is 14.4 Å². The maximum atomic E-state index is 12.6. The second-order valence-electron chi connectivity index (χ2n) is 8.53. The summed E-state index contributed by atoms with van der Waals surface area (Å²) in [4.78, 5) is 39.7. The van der Waals surface area contributed by atoms with Gasteiger partial charge in [-0.3, -0.25) is 14.5 Å². The van der Waals surface area contributed by atoms with E-state index in [-0.39, 0.29) is 35.9 Å². The molecule has 0 atom stereocenters. The summed E-state index contributed by atoms with van der Waals surface area (Å²) in [6, 6.07) is 3.02. The number of piperazine rings is 1. The van der Waals surface area contributed by atoms with Gasteiger partial charge in [0, 0.05) is 44.8 Å². The van der Waals surface area contributed by atoms with Crippen LogP contribution in [0.25, 0.3) is 0 Å². The number of nitrogens with two attached hydrogens (primary N) is 1. The number of benzene rings is 1. The van der Waals surface area contributed by atoms with Gasteiger partial charge in [-0.1, -0.05) is 0 Å². The number of rotatable bonds is 9. The van der Waals surface area contributed by atoms with Crippen molar-refractivity contribution in [3.05, 3.63) is 17.7 Å². The lowest BCUT2D eigenvalue weighted by Crippen LogP contribution is -2.51. The maximum absolute atomic E-state index is 12.6. The van der Waals surface area contributed by atoms with Gasteiger partial charge in [-0.15, -0.1) is 0 Å². The van der Waals surface area contributed by atoms with E-state index in [0.717, 1.165) is 0 Å². The number of hydrogen-bond donors (Lipinski definition) is 2. The van der Waals surface area contributed by atoms with Crippen molar-refractivity contribution < 1.29 is 33.3 Å². The van der Waals surface area contributed by atoms with Crippen LogP contribution in [0.3, 0.4) is 0 Å². The summed E-state index contributed by atoms with van der Waals surface area (Å²) in [6.07, 6.45) is -0.304. The molecule has 0 bridgehead atoms. The van der Waals surface area contributed by atoms with Crippen LogP contribution in [0, 0.1) is 0 Å². The fraction of sp³-hybridized carbons (Fsp3) is 0.591. The van der Waals surface area contributed by atoms with E-state index >= 15 is 0 Å². The largest absolute Gasteiger partial charge is 0.493 e. The molecule has 3 N–H and O–H groups in total. The fourth-order valence-corrected chi connectivity index (χ4v) is 3.21. The zero-order valence-corrected chi connectivity index (χ0v) is 19.9. The van der Waals surface area contributed by atoms with Crippen molar-refractivity contribution in [2.45, 2.75) is 26.4 Å². The van der Waals surface area contributed by atoms with Gasteiger partial charge in [0.15, 0.2) is 18.1 Å². The van der Waals surface area contributed by atoms with E-state index < -0.39 is 11.5 Å². The highest BCUT2D eigenvalue weighted by atomic mass is 16.6. The van der Waals surface area contributed by atoms with Gasteiger partial charge in [0.05, 0.1) is 14.2 Å². The summed E-state index contributed by atoms with van der Waals surface area (Å²) in [5.41, 5.74) is 4.93. The minimum atomic E-state index is -0.646. The van der Waals surface area contributed by atoms with Crippen molar-refractivity contribution in [1.29, 1.82) is 0 Å². The molecule has 1 aromatic carbocycles. The second kappa shape index (κ2) is 11.6. The summed E-state index contributed by atoms with van der Waals surface area (Å²) < 4.78 is 21.3. The van der Waals surface area contributed by atoms with Crippen LogP contribution >= 0.6 is 0 Å². The lowest BCUT2D eigenvalue weighted by Gasteiger charge is -2.35. The molecule has 0 radical (unpaired) electrons. The number of hydrogen-bond acceptors (Lipinski definition) is 8. The topological polar surface area (TPSA) is 133 Å². The standard InChI is InChI=1S/C22H34N4O7/c1-22(2,3)33-21(29)26-10-8-25(9-11-26)7-6-24-20(28)15-12-16(30-4)19(17(13-15)31-5)32-14-18(23)27/h12-13H,6-11,14H2,1-5H3,(H2,23,27)(H,24,28). The van der Waals surface area contributed by atoms with Crippen LogP contribution in [-0.2, 0) is 9.53 Å². The minimum absolute atomic E-state index is 0.193. The van der Waals surface area contributed by atoms with Crippen molar-refractivity contribution >= 4 is 17.9 Å². The average molecular weight is 467 g/mol. The van der Waals surface area contributed by atoms with Crippen molar-refractivity contribution in [3.8, 4) is 17.2 Å². The second-order valence-corrected chi connectivity index (χ2v) is 8.53. The number of carbonyl (C=O) groups is 3. The third kappa shape index (κ3) is 8.01. The van der Waals surface area contributed by atoms with Gasteiger partial charge in [0.25, 0.3) is 11.8 Å². The highest BCUT2D eigenvalue weighted by Crippen LogP contribution is 2.38. The Balaban J connectivity index is 1.87. The molecule has 0 aliphatic carbocycles. The lowest BCUT2D eigenvalue weighted by atomic mass is 10.1. The van der Waals surface area contributed by atoms with Crippen LogP contribution in [0.2, 0.25) is 0 Å². The fourth-order valence-electron chi connectivity index (χ4n) is 3.21. The summed E-state index contributed by atoms with van der Waals surface area (Å²) in [5.74, 6) is -0.260. The van der Waals surface area contributed by atoms with Crippen LogP contribution in [0.1, 0.15) is 31.1 Å². The molecule has 11 heteroatoms. The minimum Gasteiger partial charge on any atom is -0.493 e. The molecule has 11 nitrogen and oxygen atoms in total. The van der Waals surface area contributed by atoms with Gasteiger partial charge in [-0.25, -0.2) is 4.79 Å². The molecule has 1 heterocycles. The Labute approximate surface area is 194 Å². The van der Waals surface area contributed by atoms with E-state index in [1.807, 2.05) is 20.8 Å². The highest BCUT2D eigenvalue weighted by molar-refractivity contribution is 5.95. The van der Waals surface area contributed by atoms with E-state index in [2.05, 4.69) is 10.2 Å². The van der Waals surface area contributed by atoms with Crippen molar-refractivity contribution in [2.75, 3.05) is 60.1 Å². The number of nitrogens with zero attached hydrogens (tertiary/aromatic N) is 2. The zero-order valence-electron chi connectivity index (χ0n) is 19.9. The van der Waals surface area contributed by atoms with Crippen LogP contribution in [0.5, 0.6) is 17.2 Å². The first-order chi connectivity index (χ1) is 15.5. The Morgan fingerprint density at radius 3 is 2.09 bits per heavy atom. The molecule has 0 spiro atoms. The number of methoxy groups -OCH3 is 2. The molecule has 1 aliphatic heterocycles. The maximum Gasteiger partial charge on any atom is 0.410 e. The number of ether oxygens (including phenoxy) is 4.